The summed E-state index contributed by atoms with van der Waals surface area (Å²) in [4.78, 5) is 11.6. The van der Waals surface area contributed by atoms with Gasteiger partial charge in [-0.2, -0.15) is 0 Å². The zero-order valence-electron chi connectivity index (χ0n) is 16.3. The number of hydrogen-bond acceptors (Lipinski definition) is 5. The molecule has 1 saturated heterocycles. The first-order valence-corrected chi connectivity index (χ1v) is 9.78. The Hall–Kier alpha value is -2.12. The van der Waals surface area contributed by atoms with Crippen molar-refractivity contribution in [1.82, 2.24) is 15.3 Å². The van der Waals surface area contributed by atoms with Crippen LogP contribution in [0.5, 0.6) is 0 Å². The second-order valence-corrected chi connectivity index (χ2v) is 8.36. The third-order valence-corrected chi connectivity index (χ3v) is 5.53. The quantitative estimate of drug-likeness (QED) is 0.870. The van der Waals surface area contributed by atoms with Crippen LogP contribution >= 0.6 is 0 Å². The molecule has 2 aromatic rings. The average molecular weight is 388 g/mol. The Balaban J connectivity index is 1.56. The number of aromatic nitrogens is 2. The van der Waals surface area contributed by atoms with E-state index in [1.165, 1.54) is 6.07 Å². The maximum absolute atomic E-state index is 14.0. The first-order chi connectivity index (χ1) is 13.4. The lowest BCUT2D eigenvalue weighted by molar-refractivity contribution is 0.122. The summed E-state index contributed by atoms with van der Waals surface area (Å²) >= 11 is 0. The van der Waals surface area contributed by atoms with E-state index in [2.05, 4.69) is 29.0 Å². The molecule has 1 aliphatic carbocycles. The lowest BCUT2D eigenvalue weighted by Crippen LogP contribution is -2.39. The van der Waals surface area contributed by atoms with E-state index < -0.39 is 11.6 Å². The summed E-state index contributed by atoms with van der Waals surface area (Å²) < 4.78 is 32.9. The number of hydrogen-bond donors (Lipinski definition) is 1. The maximum atomic E-state index is 14.0. The fourth-order valence-corrected chi connectivity index (χ4v) is 4.05. The van der Waals surface area contributed by atoms with Crippen molar-refractivity contribution in [2.45, 2.75) is 39.3 Å². The molecule has 150 valence electrons. The predicted octanol–water partition coefficient (Wildman–Crippen LogP) is 3.39. The highest BCUT2D eigenvalue weighted by molar-refractivity contribution is 5.37. The van der Waals surface area contributed by atoms with Crippen molar-refractivity contribution in [3.8, 4) is 0 Å². The van der Waals surface area contributed by atoms with Gasteiger partial charge in [-0.25, -0.2) is 18.7 Å². The summed E-state index contributed by atoms with van der Waals surface area (Å²) in [6.07, 6.45) is 3.65. The Bertz CT molecular complexity index is 852. The van der Waals surface area contributed by atoms with E-state index in [0.29, 0.717) is 18.8 Å². The Morgan fingerprint density at radius 3 is 2.82 bits per heavy atom. The highest BCUT2D eigenvalue weighted by atomic mass is 19.2. The monoisotopic (exact) mass is 388 g/mol. The molecule has 5 nitrogen and oxygen atoms in total. The minimum absolute atomic E-state index is 0.000145. The van der Waals surface area contributed by atoms with Crippen LogP contribution in [0, 0.1) is 17.0 Å². The van der Waals surface area contributed by atoms with E-state index in [-0.39, 0.29) is 18.0 Å². The first-order valence-electron chi connectivity index (χ1n) is 9.78. The van der Waals surface area contributed by atoms with E-state index >= 15 is 0 Å². The van der Waals surface area contributed by atoms with E-state index in [1.807, 2.05) is 6.20 Å². The number of rotatable bonds is 4. The molecule has 0 saturated carbocycles. The highest BCUT2D eigenvalue weighted by Gasteiger charge is 2.34. The van der Waals surface area contributed by atoms with Crippen molar-refractivity contribution < 1.29 is 13.5 Å². The van der Waals surface area contributed by atoms with Gasteiger partial charge in [0.15, 0.2) is 11.6 Å². The molecule has 0 spiro atoms. The maximum Gasteiger partial charge on any atom is 0.225 e. The van der Waals surface area contributed by atoms with Gasteiger partial charge in [-0.3, -0.25) is 0 Å². The fourth-order valence-electron chi connectivity index (χ4n) is 4.05. The van der Waals surface area contributed by atoms with Crippen molar-refractivity contribution in [3.05, 3.63) is 52.9 Å². The van der Waals surface area contributed by atoms with Crippen LogP contribution in [0.4, 0.5) is 14.7 Å². The van der Waals surface area contributed by atoms with Gasteiger partial charge in [-0.15, -0.1) is 0 Å². The number of anilines is 1. The average Bonchev–Trinajstić information content (AvgIpc) is 2.68. The number of morpholine rings is 1. The number of nitrogens with one attached hydrogen (secondary N) is 1. The van der Waals surface area contributed by atoms with Crippen LogP contribution in [0.15, 0.2) is 24.4 Å². The summed E-state index contributed by atoms with van der Waals surface area (Å²) in [5, 5.41) is 3.40. The van der Waals surface area contributed by atoms with E-state index in [4.69, 9.17) is 9.72 Å². The van der Waals surface area contributed by atoms with Crippen molar-refractivity contribution in [3.63, 3.8) is 0 Å². The number of halogens is 2. The molecule has 2 heterocycles. The molecule has 1 aromatic heterocycles. The lowest BCUT2D eigenvalue weighted by atomic mass is 9.74. The van der Waals surface area contributed by atoms with Gasteiger partial charge in [0.1, 0.15) is 0 Å². The van der Waals surface area contributed by atoms with Crippen LogP contribution in [0.25, 0.3) is 0 Å². The summed E-state index contributed by atoms with van der Waals surface area (Å²) in [6, 6.07) is 4.28. The van der Waals surface area contributed by atoms with Crippen LogP contribution in [-0.2, 0) is 17.7 Å². The van der Waals surface area contributed by atoms with E-state index in [9.17, 15) is 8.78 Å². The molecule has 28 heavy (non-hydrogen) atoms. The van der Waals surface area contributed by atoms with Gasteiger partial charge in [0.05, 0.1) is 18.9 Å². The molecule has 0 radical (unpaired) electrons. The van der Waals surface area contributed by atoms with E-state index in [0.717, 1.165) is 49.2 Å². The smallest absolute Gasteiger partial charge is 0.225 e. The Morgan fingerprint density at radius 1 is 1.25 bits per heavy atom. The minimum Gasteiger partial charge on any atom is -0.378 e. The van der Waals surface area contributed by atoms with Crippen LogP contribution < -0.4 is 10.2 Å². The third kappa shape index (κ3) is 4.00. The number of benzene rings is 1. The molecule has 1 aromatic carbocycles. The molecule has 0 bridgehead atoms. The molecule has 2 aliphatic rings. The van der Waals surface area contributed by atoms with Crippen LogP contribution in [0.2, 0.25) is 0 Å². The van der Waals surface area contributed by atoms with Crippen molar-refractivity contribution in [1.29, 1.82) is 0 Å². The molecular formula is C21H26F2N4O. The van der Waals surface area contributed by atoms with Crippen molar-refractivity contribution in [2.75, 3.05) is 31.2 Å². The zero-order chi connectivity index (χ0) is 19.7. The topological polar surface area (TPSA) is 50.3 Å². The molecule has 1 N–H and O–H groups in total. The molecule has 1 aliphatic heterocycles. The fraction of sp³-hybridized carbons (Fsp3) is 0.524. The standard InChI is InChI=1S/C21H26F2N4O/c1-21(2)10-17(24-12-14-4-3-5-16(22)19(14)23)15-13-25-20(26-18(15)11-21)27-6-8-28-9-7-27/h3-5,13,17,24H,6-12H2,1-2H3. The number of ether oxygens (including phenoxy) is 1. The van der Waals surface area contributed by atoms with Crippen LogP contribution in [-0.4, -0.2) is 36.3 Å². The highest BCUT2D eigenvalue weighted by Crippen LogP contribution is 2.40. The molecule has 1 atom stereocenters. The van der Waals surface area contributed by atoms with Gasteiger partial charge in [0, 0.05) is 43.0 Å². The third-order valence-electron chi connectivity index (χ3n) is 5.53. The van der Waals surface area contributed by atoms with Crippen molar-refractivity contribution >= 4 is 5.95 Å². The summed E-state index contributed by atoms with van der Waals surface area (Å²) in [5.74, 6) is -0.860. The first kappa shape index (κ1) is 19.2. The van der Waals surface area contributed by atoms with Crippen LogP contribution in [0.1, 0.15) is 43.1 Å². The zero-order valence-corrected chi connectivity index (χ0v) is 16.3. The molecular weight excluding hydrogens is 362 g/mol. The van der Waals surface area contributed by atoms with Gasteiger partial charge in [-0.05, 0) is 24.3 Å². The van der Waals surface area contributed by atoms with Crippen LogP contribution in [0.3, 0.4) is 0 Å². The van der Waals surface area contributed by atoms with Gasteiger partial charge in [0.25, 0.3) is 0 Å². The molecule has 4 rings (SSSR count). The Morgan fingerprint density at radius 2 is 2.04 bits per heavy atom. The van der Waals surface area contributed by atoms with E-state index in [1.54, 1.807) is 6.07 Å². The molecule has 0 amide bonds. The SMILES string of the molecule is CC1(C)Cc2nc(N3CCOCC3)ncc2C(NCc2cccc(F)c2F)C1. The van der Waals surface area contributed by atoms with Gasteiger partial charge in [-0.1, -0.05) is 26.0 Å². The predicted molar refractivity (Wildman–Crippen MR) is 103 cm³/mol. The normalized spacial score (nSPS) is 21.4. The lowest BCUT2D eigenvalue weighted by Gasteiger charge is -2.37. The largest absolute Gasteiger partial charge is 0.378 e. The Kier molecular flexibility index (Phi) is 5.29. The summed E-state index contributed by atoms with van der Waals surface area (Å²) in [7, 11) is 0. The molecule has 7 heteroatoms. The molecule has 1 fully saturated rings. The van der Waals surface area contributed by atoms with Crippen molar-refractivity contribution in [2.24, 2.45) is 5.41 Å². The van der Waals surface area contributed by atoms with Gasteiger partial charge >= 0.3 is 0 Å². The summed E-state index contributed by atoms with van der Waals surface area (Å²) in [6.45, 7) is 7.65. The minimum atomic E-state index is -0.817. The number of fused-ring (bicyclic) bond motifs is 1. The molecule has 1 unspecified atom stereocenters. The Labute approximate surface area is 164 Å². The second kappa shape index (κ2) is 7.72. The number of nitrogens with zero attached hydrogens (tertiary/aromatic N) is 3. The van der Waals surface area contributed by atoms with Gasteiger partial charge < -0.3 is 15.0 Å². The second-order valence-electron chi connectivity index (χ2n) is 8.36. The van der Waals surface area contributed by atoms with Gasteiger partial charge in [0.2, 0.25) is 5.95 Å². The summed E-state index contributed by atoms with van der Waals surface area (Å²) in [5.41, 5.74) is 2.47.